The number of amides is 1. The second kappa shape index (κ2) is 6.89. The number of anilines is 1. The Bertz CT molecular complexity index is 1170. The number of hydrogen-bond donors (Lipinski definition) is 2. The second-order valence-electron chi connectivity index (χ2n) is 8.30. The molecule has 3 aromatic carbocycles. The second-order valence-corrected chi connectivity index (χ2v) is 8.30. The molecule has 1 amide bonds. The van der Waals surface area contributed by atoms with Crippen LogP contribution in [0, 0.1) is 13.8 Å². The van der Waals surface area contributed by atoms with Gasteiger partial charge < -0.3 is 15.2 Å². The minimum atomic E-state index is -0.444. The summed E-state index contributed by atoms with van der Waals surface area (Å²) in [7, 11) is 0. The van der Waals surface area contributed by atoms with E-state index in [0.29, 0.717) is 0 Å². The van der Waals surface area contributed by atoms with Crippen molar-refractivity contribution >= 4 is 17.3 Å². The molecule has 1 aliphatic carbocycles. The first-order valence-electron chi connectivity index (χ1n) is 10.2. The molecule has 1 fully saturated rings. The lowest BCUT2D eigenvalue weighted by molar-refractivity contribution is -0.486. The molecule has 0 radical (unpaired) electrons. The van der Waals surface area contributed by atoms with E-state index >= 15 is 0 Å². The number of nitrogens with two attached hydrogens (primary N) is 2. The number of primary amides is 1. The van der Waals surface area contributed by atoms with Crippen molar-refractivity contribution in [1.82, 2.24) is 0 Å². The quantitative estimate of drug-likeness (QED) is 0.653. The number of rotatable bonds is 4. The molecule has 0 unspecified atom stereocenters. The van der Waals surface area contributed by atoms with Crippen LogP contribution in [0.1, 0.15) is 29.5 Å². The summed E-state index contributed by atoms with van der Waals surface area (Å²) in [6, 6.07) is 18.1. The molecule has 152 valence electrons. The minimum Gasteiger partial charge on any atom is -0.454 e. The molecule has 3 aromatic rings. The van der Waals surface area contributed by atoms with Crippen LogP contribution in [-0.2, 0) is 10.2 Å². The summed E-state index contributed by atoms with van der Waals surface area (Å²) in [5, 5.41) is 1.78. The van der Waals surface area contributed by atoms with Gasteiger partial charge in [-0.05, 0) is 78.8 Å². The van der Waals surface area contributed by atoms with Crippen molar-refractivity contribution in [2.75, 3.05) is 12.5 Å². The van der Waals surface area contributed by atoms with Crippen LogP contribution in [0.15, 0.2) is 54.6 Å². The number of ether oxygens (including phenoxy) is 2. The highest BCUT2D eigenvalue weighted by Gasteiger charge is 2.54. The Balaban J connectivity index is 1.42. The van der Waals surface area contributed by atoms with Gasteiger partial charge in [-0.1, -0.05) is 24.3 Å². The van der Waals surface area contributed by atoms with E-state index in [4.69, 9.17) is 15.2 Å². The zero-order valence-corrected chi connectivity index (χ0v) is 17.2. The van der Waals surface area contributed by atoms with Crippen molar-refractivity contribution in [1.29, 1.82) is 0 Å². The monoisotopic (exact) mass is 401 g/mol. The molecule has 0 atom stereocenters. The maximum absolute atomic E-state index is 13.3. The summed E-state index contributed by atoms with van der Waals surface area (Å²) in [6.07, 6.45) is 1.71. The van der Waals surface area contributed by atoms with E-state index < -0.39 is 5.41 Å². The van der Waals surface area contributed by atoms with Gasteiger partial charge in [-0.2, -0.15) is 0 Å². The van der Waals surface area contributed by atoms with Gasteiger partial charge in [0, 0.05) is 11.8 Å². The van der Waals surface area contributed by atoms with Crippen LogP contribution >= 0.6 is 0 Å². The molecule has 5 heteroatoms. The molecule has 0 bridgehead atoms. The fraction of sp³-hybridized carbons (Fsp3) is 0.240. The highest BCUT2D eigenvalue weighted by molar-refractivity contribution is 5.86. The lowest BCUT2D eigenvalue weighted by Crippen LogP contribution is -2.85. The smallest absolute Gasteiger partial charge is 0.326 e. The fourth-order valence-electron chi connectivity index (χ4n) is 4.13. The van der Waals surface area contributed by atoms with Gasteiger partial charge in [0.1, 0.15) is 11.1 Å². The zero-order valence-electron chi connectivity index (χ0n) is 17.2. The summed E-state index contributed by atoms with van der Waals surface area (Å²) in [4.78, 5) is 13.3. The van der Waals surface area contributed by atoms with Gasteiger partial charge in [0.25, 0.3) is 0 Å². The molecule has 5 nitrogen and oxygen atoms in total. The van der Waals surface area contributed by atoms with Crippen LogP contribution in [0.2, 0.25) is 0 Å². The van der Waals surface area contributed by atoms with Crippen molar-refractivity contribution < 1.29 is 19.6 Å². The van der Waals surface area contributed by atoms with E-state index in [9.17, 15) is 4.79 Å². The Morgan fingerprint density at radius 2 is 1.70 bits per heavy atom. The van der Waals surface area contributed by atoms with Gasteiger partial charge in [0.2, 0.25) is 6.79 Å². The lowest BCUT2D eigenvalue weighted by atomic mass is 9.94. The molecule has 1 saturated carbocycles. The van der Waals surface area contributed by atoms with E-state index in [0.717, 1.165) is 63.5 Å². The Morgan fingerprint density at radius 1 is 0.933 bits per heavy atom. The van der Waals surface area contributed by atoms with Crippen LogP contribution in [0.4, 0.5) is 11.4 Å². The van der Waals surface area contributed by atoms with Crippen molar-refractivity contribution in [3.05, 3.63) is 71.3 Å². The molecule has 30 heavy (non-hydrogen) atoms. The predicted molar refractivity (Wildman–Crippen MR) is 116 cm³/mol. The van der Waals surface area contributed by atoms with Gasteiger partial charge in [-0.25, -0.2) is 4.79 Å². The highest BCUT2D eigenvalue weighted by Crippen LogP contribution is 2.50. The lowest BCUT2D eigenvalue weighted by Gasteiger charge is -2.14. The van der Waals surface area contributed by atoms with Gasteiger partial charge in [-0.15, -0.1) is 0 Å². The molecule has 0 spiro atoms. The number of quaternary nitrogens is 1. The average Bonchev–Trinajstić information content (AvgIpc) is 3.42. The normalized spacial score (nSPS) is 15.8. The third-order valence-electron chi connectivity index (χ3n) is 6.30. The summed E-state index contributed by atoms with van der Waals surface area (Å²) in [5.74, 6) is 1.60. The molecular formula is C25H25N2O3+. The van der Waals surface area contributed by atoms with Crippen molar-refractivity contribution in [3.8, 4) is 22.6 Å². The summed E-state index contributed by atoms with van der Waals surface area (Å²) >= 11 is 0. The van der Waals surface area contributed by atoms with Gasteiger partial charge in [0.05, 0.1) is 0 Å². The maximum Gasteiger partial charge on any atom is 0.326 e. The largest absolute Gasteiger partial charge is 0.454 e. The molecule has 1 aliphatic heterocycles. The average molecular weight is 401 g/mol. The first-order chi connectivity index (χ1) is 14.5. The first-order valence-corrected chi connectivity index (χ1v) is 10.2. The van der Waals surface area contributed by atoms with E-state index in [-0.39, 0.29) is 12.7 Å². The highest BCUT2D eigenvalue weighted by atomic mass is 16.7. The fourth-order valence-corrected chi connectivity index (χ4v) is 4.13. The van der Waals surface area contributed by atoms with E-state index in [1.54, 1.807) is 5.32 Å². The van der Waals surface area contributed by atoms with E-state index in [2.05, 4.69) is 25.1 Å². The van der Waals surface area contributed by atoms with Crippen LogP contribution in [-0.4, -0.2) is 12.7 Å². The van der Waals surface area contributed by atoms with Gasteiger partial charge >= 0.3 is 5.91 Å². The minimum absolute atomic E-state index is 0.139. The van der Waals surface area contributed by atoms with E-state index in [1.807, 2.05) is 43.3 Å². The molecular weight excluding hydrogens is 376 g/mol. The molecule has 1 heterocycles. The number of aryl methyl sites for hydroxylation is 2. The molecule has 0 aromatic heterocycles. The topological polar surface area (TPSA) is 78.2 Å². The third kappa shape index (κ3) is 3.12. The number of carbonyl (C=O) groups is 1. The summed E-state index contributed by atoms with van der Waals surface area (Å²) in [6.45, 7) is 4.31. The Labute approximate surface area is 175 Å². The number of fused-ring (bicyclic) bond motifs is 1. The summed E-state index contributed by atoms with van der Waals surface area (Å²) < 4.78 is 10.9. The van der Waals surface area contributed by atoms with Gasteiger partial charge in [-0.3, -0.25) is 5.32 Å². The third-order valence-corrected chi connectivity index (χ3v) is 6.30. The zero-order chi connectivity index (χ0) is 20.9. The van der Waals surface area contributed by atoms with E-state index in [1.165, 1.54) is 0 Å². The van der Waals surface area contributed by atoms with Crippen LogP contribution < -0.4 is 20.5 Å². The number of benzene rings is 3. The Morgan fingerprint density at radius 3 is 2.47 bits per heavy atom. The van der Waals surface area contributed by atoms with Gasteiger partial charge in [0.15, 0.2) is 11.5 Å². The number of nitrogen functional groups attached to an aromatic ring is 1. The Hall–Kier alpha value is -3.31. The van der Waals surface area contributed by atoms with Crippen LogP contribution in [0.3, 0.4) is 0 Å². The SMILES string of the molecule is Cc1ccc(-c2cc([NH2+]C(=O)C3(c4ccc5c(c4)OCO5)CC3)ccc2C)cc1N. The standard InChI is InChI=1S/C25H24N2O3/c1-15-4-7-19(13-20(15)17-5-3-16(2)21(26)11-17)27-24(28)25(9-10-25)18-6-8-22-23(12-18)30-14-29-22/h3-8,11-13H,9-10,14,26H2,1-2H3,(H,27,28)/p+1. The van der Waals surface area contributed by atoms with Crippen molar-refractivity contribution in [3.63, 3.8) is 0 Å². The number of hydrogen-bond acceptors (Lipinski definition) is 4. The van der Waals surface area contributed by atoms with Crippen LogP contribution in [0.25, 0.3) is 11.1 Å². The Kier molecular flexibility index (Phi) is 4.29. The van der Waals surface area contributed by atoms with Crippen molar-refractivity contribution in [2.45, 2.75) is 32.1 Å². The molecule has 4 N–H and O–H groups in total. The number of carbonyl (C=O) groups excluding carboxylic acids is 1. The molecule has 2 aliphatic rings. The van der Waals surface area contributed by atoms with Crippen LogP contribution in [0.5, 0.6) is 11.5 Å². The predicted octanol–water partition coefficient (Wildman–Crippen LogP) is 3.73. The summed E-state index contributed by atoms with van der Waals surface area (Å²) in [5.41, 5.74) is 12.7. The molecule has 0 saturated heterocycles. The molecule has 5 rings (SSSR count). The first kappa shape index (κ1) is 18.7. The van der Waals surface area contributed by atoms with Crippen molar-refractivity contribution in [2.24, 2.45) is 0 Å². The maximum atomic E-state index is 13.3.